The molecule has 188 valence electrons. The van der Waals surface area contributed by atoms with E-state index in [-0.39, 0.29) is 5.91 Å². The molecule has 3 heterocycles. The molecular formula is C25H25N9O3. The number of ether oxygens (including phenoxy) is 2. The fraction of sp³-hybridized carbons (Fsp3) is 0.320. The molecule has 1 amide bonds. The van der Waals surface area contributed by atoms with Gasteiger partial charge in [0.15, 0.2) is 11.5 Å². The maximum Gasteiger partial charge on any atom is 0.227 e. The molecule has 0 radical (unpaired) electrons. The Bertz CT molecular complexity index is 1410. The highest BCUT2D eigenvalue weighted by Gasteiger charge is 2.24. The Balaban J connectivity index is 1.25. The third-order valence-electron chi connectivity index (χ3n) is 6.24. The molecule has 0 unspecified atom stereocenters. The van der Waals surface area contributed by atoms with Gasteiger partial charge in [0.05, 0.1) is 37.2 Å². The van der Waals surface area contributed by atoms with E-state index < -0.39 is 0 Å². The number of hydrogen-bond donors (Lipinski definition) is 0. The second kappa shape index (κ2) is 10.9. The molecule has 1 aliphatic rings. The van der Waals surface area contributed by atoms with Gasteiger partial charge in [0.2, 0.25) is 5.91 Å². The van der Waals surface area contributed by atoms with Gasteiger partial charge in [0, 0.05) is 37.6 Å². The van der Waals surface area contributed by atoms with Crippen molar-refractivity contribution in [3.63, 3.8) is 0 Å². The Morgan fingerprint density at radius 1 is 1.08 bits per heavy atom. The number of anilines is 1. The van der Waals surface area contributed by atoms with Crippen LogP contribution in [0.3, 0.4) is 0 Å². The molecule has 0 aliphatic carbocycles. The van der Waals surface area contributed by atoms with Crippen LogP contribution in [0, 0.1) is 11.3 Å². The Labute approximate surface area is 213 Å². The Kier molecular flexibility index (Phi) is 7.02. The van der Waals surface area contributed by atoms with Gasteiger partial charge >= 0.3 is 0 Å². The number of tetrazole rings is 1. The normalized spacial score (nSPS) is 13.4. The molecule has 0 N–H and O–H groups in total. The average Bonchev–Trinajstić information content (AvgIpc) is 3.46. The number of rotatable bonds is 8. The lowest BCUT2D eigenvalue weighted by Crippen LogP contribution is -2.49. The lowest BCUT2D eigenvalue weighted by Gasteiger charge is -2.36. The van der Waals surface area contributed by atoms with Gasteiger partial charge in [-0.1, -0.05) is 12.1 Å². The number of carbonyl (C=O) groups excluding carboxylic acids is 1. The lowest BCUT2D eigenvalue weighted by atomic mass is 10.1. The van der Waals surface area contributed by atoms with Gasteiger partial charge in [-0.2, -0.15) is 5.26 Å². The fourth-order valence-electron chi connectivity index (χ4n) is 4.26. The van der Waals surface area contributed by atoms with Gasteiger partial charge in [-0.25, -0.2) is 14.6 Å². The summed E-state index contributed by atoms with van der Waals surface area (Å²) in [6.07, 6.45) is 3.38. The van der Waals surface area contributed by atoms with E-state index in [0.29, 0.717) is 62.8 Å². The zero-order chi connectivity index (χ0) is 25.6. The summed E-state index contributed by atoms with van der Waals surface area (Å²) < 4.78 is 13.1. The molecule has 4 aromatic rings. The van der Waals surface area contributed by atoms with Gasteiger partial charge in [0.1, 0.15) is 25.1 Å². The number of piperazine rings is 1. The van der Waals surface area contributed by atoms with Crippen molar-refractivity contribution in [3.05, 3.63) is 60.2 Å². The van der Waals surface area contributed by atoms with Crippen molar-refractivity contribution in [2.45, 2.75) is 13.0 Å². The second-order valence-corrected chi connectivity index (χ2v) is 8.49. The van der Waals surface area contributed by atoms with E-state index in [0.717, 1.165) is 22.3 Å². The minimum absolute atomic E-state index is 0.0713. The zero-order valence-electron chi connectivity index (χ0n) is 20.3. The molecule has 0 atom stereocenters. The van der Waals surface area contributed by atoms with E-state index in [1.807, 2.05) is 29.2 Å². The summed E-state index contributed by atoms with van der Waals surface area (Å²) in [5, 5.41) is 20.9. The maximum absolute atomic E-state index is 12.8. The lowest BCUT2D eigenvalue weighted by molar-refractivity contribution is -0.130. The number of hydrogen-bond acceptors (Lipinski definition) is 10. The molecule has 2 aromatic carbocycles. The van der Waals surface area contributed by atoms with Gasteiger partial charge in [-0.05, 0) is 34.2 Å². The van der Waals surface area contributed by atoms with Crippen molar-refractivity contribution in [1.29, 1.82) is 5.26 Å². The number of benzene rings is 2. The van der Waals surface area contributed by atoms with Crippen molar-refractivity contribution >= 4 is 22.6 Å². The summed E-state index contributed by atoms with van der Waals surface area (Å²) in [5.74, 6) is 2.02. The maximum atomic E-state index is 12.8. The SMILES string of the molecule is COc1cc2c(N3CCN(C(=O)Cc4ccc(C#N)cc4)CC3)ncnc2cc1OCCn1cnnn1. The molecule has 12 nitrogen and oxygen atoms in total. The minimum Gasteiger partial charge on any atom is -0.493 e. The summed E-state index contributed by atoms with van der Waals surface area (Å²) in [7, 11) is 1.59. The molecule has 0 spiro atoms. The molecule has 0 bridgehead atoms. The number of fused-ring (bicyclic) bond motifs is 1. The van der Waals surface area contributed by atoms with Crippen molar-refractivity contribution in [1.82, 2.24) is 35.1 Å². The van der Waals surface area contributed by atoms with Gasteiger partial charge in [0.25, 0.3) is 0 Å². The van der Waals surface area contributed by atoms with Crippen LogP contribution < -0.4 is 14.4 Å². The second-order valence-electron chi connectivity index (χ2n) is 8.49. The van der Waals surface area contributed by atoms with E-state index >= 15 is 0 Å². The van der Waals surface area contributed by atoms with Crippen molar-refractivity contribution in [2.75, 3.05) is 44.8 Å². The Hall–Kier alpha value is -4.79. The molecule has 37 heavy (non-hydrogen) atoms. The molecule has 1 fully saturated rings. The van der Waals surface area contributed by atoms with Crippen LogP contribution >= 0.6 is 0 Å². The first kappa shape index (κ1) is 23.9. The predicted molar refractivity (Wildman–Crippen MR) is 133 cm³/mol. The van der Waals surface area contributed by atoms with Gasteiger partial charge < -0.3 is 19.3 Å². The standard InChI is InChI=1S/C25H25N9O3/c1-36-22-13-20-21(14-23(22)37-11-10-34-17-29-30-31-34)27-16-28-25(20)33-8-6-32(7-9-33)24(35)12-18-2-4-19(15-26)5-3-18/h2-5,13-14,16-17H,6-12H2,1H3. The smallest absolute Gasteiger partial charge is 0.227 e. The summed E-state index contributed by atoms with van der Waals surface area (Å²) >= 11 is 0. The number of nitriles is 1. The van der Waals surface area contributed by atoms with E-state index in [9.17, 15) is 4.79 Å². The van der Waals surface area contributed by atoms with Gasteiger partial charge in [-0.3, -0.25) is 4.79 Å². The van der Waals surface area contributed by atoms with Gasteiger partial charge in [-0.15, -0.1) is 5.10 Å². The van der Waals surface area contributed by atoms with E-state index in [1.54, 1.807) is 23.9 Å². The summed E-state index contributed by atoms with van der Waals surface area (Å²) in [5.41, 5.74) is 2.22. The Morgan fingerprint density at radius 3 is 2.59 bits per heavy atom. The molecule has 1 aliphatic heterocycles. The van der Waals surface area contributed by atoms with E-state index in [1.165, 1.54) is 12.7 Å². The molecule has 0 saturated carbocycles. The number of nitrogens with zero attached hydrogens (tertiary/aromatic N) is 9. The molecule has 5 rings (SSSR count). The zero-order valence-corrected chi connectivity index (χ0v) is 20.3. The van der Waals surface area contributed by atoms with Crippen LogP contribution in [0.4, 0.5) is 5.82 Å². The van der Waals surface area contributed by atoms with Crippen LogP contribution in [0.15, 0.2) is 49.1 Å². The first-order valence-electron chi connectivity index (χ1n) is 11.8. The first-order valence-corrected chi connectivity index (χ1v) is 11.8. The summed E-state index contributed by atoms with van der Waals surface area (Å²) in [6.45, 7) is 3.35. The summed E-state index contributed by atoms with van der Waals surface area (Å²) in [4.78, 5) is 25.9. The highest BCUT2D eigenvalue weighted by Crippen LogP contribution is 2.35. The fourth-order valence-corrected chi connectivity index (χ4v) is 4.26. The third kappa shape index (κ3) is 5.40. The van der Waals surface area contributed by atoms with Crippen LogP contribution in [0.25, 0.3) is 10.9 Å². The molecule has 2 aromatic heterocycles. The highest BCUT2D eigenvalue weighted by molar-refractivity contribution is 5.92. The van der Waals surface area contributed by atoms with Crippen molar-refractivity contribution in [3.8, 4) is 17.6 Å². The highest BCUT2D eigenvalue weighted by atomic mass is 16.5. The Morgan fingerprint density at radius 2 is 1.89 bits per heavy atom. The number of aromatic nitrogens is 6. The monoisotopic (exact) mass is 499 g/mol. The molecule has 12 heteroatoms. The van der Waals surface area contributed by atoms with E-state index in [2.05, 4.69) is 36.5 Å². The van der Waals surface area contributed by atoms with Crippen LogP contribution in [-0.4, -0.2) is 80.9 Å². The quantitative estimate of drug-likeness (QED) is 0.351. The molecule has 1 saturated heterocycles. The van der Waals surface area contributed by atoms with Crippen LogP contribution in [-0.2, 0) is 17.8 Å². The van der Waals surface area contributed by atoms with Crippen LogP contribution in [0.2, 0.25) is 0 Å². The number of amides is 1. The average molecular weight is 500 g/mol. The van der Waals surface area contributed by atoms with E-state index in [4.69, 9.17) is 14.7 Å². The minimum atomic E-state index is 0.0713. The summed E-state index contributed by atoms with van der Waals surface area (Å²) in [6, 6.07) is 13.0. The van der Waals surface area contributed by atoms with Crippen molar-refractivity contribution < 1.29 is 14.3 Å². The number of carbonyl (C=O) groups is 1. The van der Waals surface area contributed by atoms with Crippen LogP contribution in [0.1, 0.15) is 11.1 Å². The largest absolute Gasteiger partial charge is 0.493 e. The predicted octanol–water partition coefficient (Wildman–Crippen LogP) is 1.47. The van der Waals surface area contributed by atoms with Crippen molar-refractivity contribution in [2.24, 2.45) is 0 Å². The number of methoxy groups -OCH3 is 1. The molecular weight excluding hydrogens is 474 g/mol. The van der Waals surface area contributed by atoms with Crippen LogP contribution in [0.5, 0.6) is 11.5 Å². The first-order chi connectivity index (χ1) is 18.1. The topological polar surface area (TPSA) is 135 Å². The third-order valence-corrected chi connectivity index (χ3v) is 6.24.